The van der Waals surface area contributed by atoms with Crippen molar-refractivity contribution in [3.05, 3.63) is 87.9 Å². The number of carbonyl (C=O) groups excluding carboxylic acids is 1. The maximum Gasteiger partial charge on any atom is 0.248 e. The molecule has 0 fully saturated rings. The van der Waals surface area contributed by atoms with E-state index in [0.717, 1.165) is 33.7 Å². The summed E-state index contributed by atoms with van der Waals surface area (Å²) in [7, 11) is 1.77. The Morgan fingerprint density at radius 3 is 2.33 bits per heavy atom. The van der Waals surface area contributed by atoms with Gasteiger partial charge in [-0.05, 0) is 35.4 Å². The molecule has 1 aliphatic heterocycles. The van der Waals surface area contributed by atoms with Gasteiger partial charge in [-0.15, -0.1) is 0 Å². The molecule has 3 aromatic carbocycles. The van der Waals surface area contributed by atoms with Crippen LogP contribution in [-0.4, -0.2) is 25.2 Å². The molecule has 3 aromatic rings. The van der Waals surface area contributed by atoms with Crippen molar-refractivity contribution in [1.82, 2.24) is 0 Å². The quantitative estimate of drug-likeness (QED) is 0.566. The van der Waals surface area contributed by atoms with Crippen LogP contribution in [0.5, 0.6) is 0 Å². The first-order chi connectivity index (χ1) is 13.0. The van der Waals surface area contributed by atoms with E-state index in [0.29, 0.717) is 10.0 Å². The molecule has 0 N–H and O–H groups in total. The van der Waals surface area contributed by atoms with Crippen LogP contribution in [0.4, 0.5) is 5.69 Å². The van der Waals surface area contributed by atoms with Gasteiger partial charge in [0.1, 0.15) is 6.54 Å². The number of amides is 1. The van der Waals surface area contributed by atoms with E-state index in [1.165, 1.54) is 0 Å². The van der Waals surface area contributed by atoms with Gasteiger partial charge in [0, 0.05) is 18.2 Å². The molecular weight excluding hydrogens is 379 g/mol. The maximum absolute atomic E-state index is 12.4. The van der Waals surface area contributed by atoms with Crippen LogP contribution in [0.3, 0.4) is 0 Å². The Labute approximate surface area is 167 Å². The molecule has 4 rings (SSSR count). The Kier molecular flexibility index (Phi) is 4.73. The number of aliphatic imine (C=N–C) groups is 1. The Balaban J connectivity index is 1.92. The lowest BCUT2D eigenvalue weighted by atomic mass is 9.95. The average molecular weight is 395 g/mol. The number of nitrogens with zero attached hydrogens (tertiary/aromatic N) is 2. The second kappa shape index (κ2) is 7.18. The third kappa shape index (κ3) is 3.36. The monoisotopic (exact) mass is 394 g/mol. The molecule has 1 amide bonds. The summed E-state index contributed by atoms with van der Waals surface area (Å²) < 4.78 is 0. The Bertz CT molecular complexity index is 1060. The maximum atomic E-state index is 12.4. The Hall–Kier alpha value is -2.62. The topological polar surface area (TPSA) is 32.7 Å². The minimum Gasteiger partial charge on any atom is -0.313 e. The molecule has 1 aliphatic rings. The first-order valence-electron chi connectivity index (χ1n) is 8.51. The summed E-state index contributed by atoms with van der Waals surface area (Å²) in [5.41, 5.74) is 5.44. The molecule has 0 radical (unpaired) electrons. The molecule has 0 aromatic heterocycles. The summed E-state index contributed by atoms with van der Waals surface area (Å²) in [4.78, 5) is 18.6. The predicted molar refractivity (Wildman–Crippen MR) is 112 cm³/mol. The third-order valence-corrected chi connectivity index (χ3v) is 5.40. The van der Waals surface area contributed by atoms with Gasteiger partial charge in [-0.2, -0.15) is 0 Å². The summed E-state index contributed by atoms with van der Waals surface area (Å²) in [6.07, 6.45) is 0. The van der Waals surface area contributed by atoms with Crippen LogP contribution < -0.4 is 4.90 Å². The van der Waals surface area contributed by atoms with Gasteiger partial charge in [-0.1, -0.05) is 65.7 Å². The summed E-state index contributed by atoms with van der Waals surface area (Å²) >= 11 is 12.3. The highest BCUT2D eigenvalue weighted by molar-refractivity contribution is 6.42. The minimum atomic E-state index is -0.0567. The van der Waals surface area contributed by atoms with E-state index < -0.39 is 0 Å². The molecule has 134 valence electrons. The van der Waals surface area contributed by atoms with E-state index in [2.05, 4.69) is 23.2 Å². The lowest BCUT2D eigenvalue weighted by Crippen LogP contribution is -2.27. The van der Waals surface area contributed by atoms with Crippen molar-refractivity contribution in [1.29, 1.82) is 0 Å². The number of likely N-dealkylation sites (N-methyl/N-ethyl adjacent to an activating group) is 1. The third-order valence-electron chi connectivity index (χ3n) is 4.66. The van der Waals surface area contributed by atoms with Crippen LogP contribution in [0, 0.1) is 0 Å². The van der Waals surface area contributed by atoms with E-state index in [-0.39, 0.29) is 12.5 Å². The molecule has 0 atom stereocenters. The summed E-state index contributed by atoms with van der Waals surface area (Å²) in [5, 5.41) is 0.947. The van der Waals surface area contributed by atoms with Crippen LogP contribution >= 0.6 is 23.2 Å². The van der Waals surface area contributed by atoms with Gasteiger partial charge in [-0.25, -0.2) is 0 Å². The van der Waals surface area contributed by atoms with E-state index in [1.807, 2.05) is 36.4 Å². The van der Waals surface area contributed by atoms with Crippen LogP contribution in [0.25, 0.3) is 11.1 Å². The largest absolute Gasteiger partial charge is 0.313 e. The van der Waals surface area contributed by atoms with Crippen LogP contribution in [0.15, 0.2) is 71.7 Å². The molecule has 0 saturated carbocycles. The van der Waals surface area contributed by atoms with Crippen molar-refractivity contribution in [2.45, 2.75) is 0 Å². The first-order valence-corrected chi connectivity index (χ1v) is 9.26. The summed E-state index contributed by atoms with van der Waals surface area (Å²) in [6.45, 7) is 0.0848. The van der Waals surface area contributed by atoms with Crippen molar-refractivity contribution in [2.75, 3.05) is 18.5 Å². The number of hydrogen-bond acceptors (Lipinski definition) is 2. The lowest BCUT2D eigenvalue weighted by molar-refractivity contribution is -0.116. The number of benzodiazepines with no additional fused rings is 1. The fourth-order valence-electron chi connectivity index (χ4n) is 3.19. The normalized spacial score (nSPS) is 13.8. The van der Waals surface area contributed by atoms with Crippen LogP contribution in [0.1, 0.15) is 11.1 Å². The molecule has 0 saturated heterocycles. The zero-order valence-electron chi connectivity index (χ0n) is 14.6. The van der Waals surface area contributed by atoms with Gasteiger partial charge in [0.15, 0.2) is 0 Å². The standard InChI is InChI=1S/C22H16Cl2N2O/c1-26-20-10-8-15(14-5-3-2-4-6-14)11-17(20)22(25-13-21(26)27)16-7-9-18(23)19(24)12-16/h2-12H,13H2,1H3. The van der Waals surface area contributed by atoms with Crippen molar-refractivity contribution >= 4 is 40.5 Å². The predicted octanol–water partition coefficient (Wildman–Crippen LogP) is 5.47. The lowest BCUT2D eigenvalue weighted by Gasteiger charge is -2.19. The molecule has 27 heavy (non-hydrogen) atoms. The number of anilines is 1. The minimum absolute atomic E-state index is 0.0567. The highest BCUT2D eigenvalue weighted by atomic mass is 35.5. The number of hydrogen-bond donors (Lipinski definition) is 0. The van der Waals surface area contributed by atoms with Crippen molar-refractivity contribution in [3.8, 4) is 11.1 Å². The van der Waals surface area contributed by atoms with E-state index in [4.69, 9.17) is 23.2 Å². The van der Waals surface area contributed by atoms with Gasteiger partial charge in [0.05, 0.1) is 21.4 Å². The van der Waals surface area contributed by atoms with Crippen LogP contribution in [0.2, 0.25) is 10.0 Å². The van der Waals surface area contributed by atoms with Crippen LogP contribution in [-0.2, 0) is 4.79 Å². The zero-order chi connectivity index (χ0) is 19.0. The molecule has 5 heteroatoms. The molecule has 0 aliphatic carbocycles. The molecule has 0 unspecified atom stereocenters. The summed E-state index contributed by atoms with van der Waals surface area (Å²) in [5.74, 6) is -0.0567. The SMILES string of the molecule is CN1C(=O)CN=C(c2ccc(Cl)c(Cl)c2)c2cc(-c3ccccc3)ccc21. The van der Waals surface area contributed by atoms with Gasteiger partial charge in [0.2, 0.25) is 5.91 Å². The first kappa shape index (κ1) is 17.8. The molecule has 1 heterocycles. The van der Waals surface area contributed by atoms with Gasteiger partial charge in [-0.3, -0.25) is 9.79 Å². The highest BCUT2D eigenvalue weighted by Gasteiger charge is 2.23. The second-order valence-electron chi connectivity index (χ2n) is 6.34. The smallest absolute Gasteiger partial charge is 0.248 e. The molecule has 0 spiro atoms. The molecule has 0 bridgehead atoms. The summed E-state index contributed by atoms with van der Waals surface area (Å²) in [6, 6.07) is 21.6. The fourth-order valence-corrected chi connectivity index (χ4v) is 3.49. The fraction of sp³-hybridized carbons (Fsp3) is 0.0909. The van der Waals surface area contributed by atoms with E-state index in [9.17, 15) is 4.79 Å². The second-order valence-corrected chi connectivity index (χ2v) is 7.16. The van der Waals surface area contributed by atoms with E-state index in [1.54, 1.807) is 24.1 Å². The number of benzene rings is 3. The number of halogens is 2. The zero-order valence-corrected chi connectivity index (χ0v) is 16.1. The van der Waals surface area contributed by atoms with Gasteiger partial charge in [0.25, 0.3) is 0 Å². The van der Waals surface area contributed by atoms with Crippen molar-refractivity contribution in [2.24, 2.45) is 4.99 Å². The van der Waals surface area contributed by atoms with Crippen molar-refractivity contribution < 1.29 is 4.79 Å². The number of carbonyl (C=O) groups is 1. The average Bonchev–Trinajstić information content (AvgIpc) is 2.82. The van der Waals surface area contributed by atoms with Gasteiger partial charge < -0.3 is 4.90 Å². The molecular formula is C22H16Cl2N2O. The molecule has 3 nitrogen and oxygen atoms in total. The van der Waals surface area contributed by atoms with E-state index >= 15 is 0 Å². The highest BCUT2D eigenvalue weighted by Crippen LogP contribution is 2.32. The number of rotatable bonds is 2. The number of fused-ring (bicyclic) bond motifs is 1. The Morgan fingerprint density at radius 2 is 1.59 bits per heavy atom. The van der Waals surface area contributed by atoms with Crippen molar-refractivity contribution in [3.63, 3.8) is 0 Å². The Morgan fingerprint density at radius 1 is 0.852 bits per heavy atom. The van der Waals surface area contributed by atoms with Gasteiger partial charge >= 0.3 is 0 Å².